The topological polar surface area (TPSA) is 0 Å². The third-order valence-corrected chi connectivity index (χ3v) is 1.69. The van der Waals surface area contributed by atoms with Gasteiger partial charge in [-0.25, -0.2) is 4.39 Å². The van der Waals surface area contributed by atoms with E-state index in [2.05, 4.69) is 0 Å². The van der Waals surface area contributed by atoms with Crippen molar-refractivity contribution < 1.29 is 57.1 Å². The van der Waals surface area contributed by atoms with Gasteiger partial charge in [0, 0.05) is 0 Å². The van der Waals surface area contributed by atoms with E-state index in [-0.39, 0.29) is 0 Å². The van der Waals surface area contributed by atoms with Crippen molar-refractivity contribution in [2.75, 3.05) is 0 Å². The van der Waals surface area contributed by atoms with Crippen molar-refractivity contribution in [2.24, 2.45) is 0 Å². The Kier molecular flexibility index (Phi) is 4.09. The molecule has 0 aliphatic heterocycles. The van der Waals surface area contributed by atoms with Crippen molar-refractivity contribution in [1.29, 1.82) is 0 Å². The first kappa shape index (κ1) is 18.1. The first-order valence-corrected chi connectivity index (χ1v) is 3.71. The summed E-state index contributed by atoms with van der Waals surface area (Å²) >= 11 is 0. The van der Waals surface area contributed by atoms with Gasteiger partial charge in [-0.3, -0.25) is 0 Å². The zero-order valence-corrected chi connectivity index (χ0v) is 7.91. The molecule has 1 radical (unpaired) electrons. The molecule has 13 heteroatoms. The van der Waals surface area contributed by atoms with Gasteiger partial charge in [0.25, 0.3) is 0 Å². The molecule has 0 heterocycles. The van der Waals surface area contributed by atoms with E-state index >= 15 is 0 Å². The fourth-order valence-electron chi connectivity index (χ4n) is 0.996. The molecule has 0 bridgehead atoms. The molecule has 0 aromatic rings. The fourth-order valence-corrected chi connectivity index (χ4v) is 0.996. The normalized spacial score (nSPS) is 16.1. The molecule has 0 fully saturated rings. The van der Waals surface area contributed by atoms with Crippen molar-refractivity contribution in [3.05, 3.63) is 5.92 Å². The van der Waals surface area contributed by atoms with Crippen LogP contribution in [0.5, 0.6) is 0 Å². The summed E-state index contributed by atoms with van der Waals surface area (Å²) in [5.74, 6) is -5.23. The predicted octanol–water partition coefficient (Wildman–Crippen LogP) is 4.52. The van der Waals surface area contributed by atoms with Crippen molar-refractivity contribution in [3.63, 3.8) is 0 Å². The second kappa shape index (κ2) is 4.30. The number of hydrogen-bond acceptors (Lipinski definition) is 0. The first-order valence-electron chi connectivity index (χ1n) is 3.71. The predicted molar refractivity (Wildman–Crippen MR) is 31.3 cm³/mol. The summed E-state index contributed by atoms with van der Waals surface area (Å²) in [5, 5.41) is 0. The monoisotopic (exact) mass is 319 g/mol. The van der Waals surface area contributed by atoms with E-state index in [1.807, 2.05) is 0 Å². The summed E-state index contributed by atoms with van der Waals surface area (Å²) in [6.45, 7) is 0. The van der Waals surface area contributed by atoms with Crippen molar-refractivity contribution in [1.82, 2.24) is 0 Å². The van der Waals surface area contributed by atoms with Gasteiger partial charge in [-0.2, -0.15) is 52.7 Å². The lowest BCUT2D eigenvalue weighted by atomic mass is 9.86. The second-order valence-corrected chi connectivity index (χ2v) is 3.02. The zero-order chi connectivity index (χ0) is 16.1. The third kappa shape index (κ3) is 3.16. The highest BCUT2D eigenvalue weighted by atomic mass is 19.4. The Morgan fingerprint density at radius 1 is 0.421 bits per heavy atom. The lowest BCUT2D eigenvalue weighted by molar-refractivity contribution is -0.371. The van der Waals surface area contributed by atoms with E-state index in [0.29, 0.717) is 0 Å². The standard InChI is InChI=1S/C6F13/c7-2(5(14,15)16,6(17,18)19)1(3(8,9)10)4(11,12)13. The van der Waals surface area contributed by atoms with Gasteiger partial charge in [0.05, 0.1) is 0 Å². The summed E-state index contributed by atoms with van der Waals surface area (Å²) in [4.78, 5) is 0. The molecule has 19 heavy (non-hydrogen) atoms. The molecule has 115 valence electrons. The molecule has 0 rings (SSSR count). The zero-order valence-electron chi connectivity index (χ0n) is 7.91. The summed E-state index contributed by atoms with van der Waals surface area (Å²) in [6.07, 6.45) is -29.4. The number of rotatable bonds is 1. The van der Waals surface area contributed by atoms with Crippen LogP contribution < -0.4 is 0 Å². The van der Waals surface area contributed by atoms with Crippen molar-refractivity contribution in [2.45, 2.75) is 30.4 Å². The van der Waals surface area contributed by atoms with E-state index in [1.165, 1.54) is 0 Å². The van der Waals surface area contributed by atoms with E-state index in [4.69, 9.17) is 0 Å². The van der Waals surface area contributed by atoms with Gasteiger partial charge in [0.15, 0.2) is 0 Å². The van der Waals surface area contributed by atoms with E-state index in [1.54, 1.807) is 0 Å². The van der Waals surface area contributed by atoms with Crippen LogP contribution in [0.15, 0.2) is 0 Å². The van der Waals surface area contributed by atoms with Gasteiger partial charge in [-0.15, -0.1) is 0 Å². The lowest BCUT2D eigenvalue weighted by Crippen LogP contribution is -2.64. The van der Waals surface area contributed by atoms with Crippen LogP contribution in [0.25, 0.3) is 0 Å². The molecule has 0 aliphatic carbocycles. The average molecular weight is 319 g/mol. The third-order valence-electron chi connectivity index (χ3n) is 1.69. The van der Waals surface area contributed by atoms with Crippen molar-refractivity contribution in [3.8, 4) is 0 Å². The Morgan fingerprint density at radius 2 is 0.632 bits per heavy atom. The van der Waals surface area contributed by atoms with Gasteiger partial charge in [-0.1, -0.05) is 0 Å². The molecular weight excluding hydrogens is 319 g/mol. The Balaban J connectivity index is 6.28. The van der Waals surface area contributed by atoms with Crippen LogP contribution >= 0.6 is 0 Å². The fraction of sp³-hybridized carbons (Fsp3) is 0.833. The Labute approximate surface area is 94.7 Å². The van der Waals surface area contributed by atoms with Crippen LogP contribution in [0, 0.1) is 5.92 Å². The molecule has 0 N–H and O–H groups in total. The van der Waals surface area contributed by atoms with Crippen LogP contribution in [-0.2, 0) is 0 Å². The Morgan fingerprint density at radius 3 is 0.684 bits per heavy atom. The smallest absolute Gasteiger partial charge is 0.222 e. The molecule has 0 unspecified atom stereocenters. The highest BCUT2D eigenvalue weighted by molar-refractivity contribution is 5.25. The lowest BCUT2D eigenvalue weighted by Gasteiger charge is -2.37. The van der Waals surface area contributed by atoms with Gasteiger partial charge in [0.2, 0.25) is 5.92 Å². The van der Waals surface area contributed by atoms with Crippen LogP contribution in [0.2, 0.25) is 0 Å². The number of halogens is 13. The highest BCUT2D eigenvalue weighted by Crippen LogP contribution is 2.60. The maximum atomic E-state index is 12.7. The van der Waals surface area contributed by atoms with E-state index < -0.39 is 36.3 Å². The first-order chi connectivity index (χ1) is 7.87. The molecule has 0 saturated carbocycles. The Hall–Kier alpha value is -0.910. The summed E-state index contributed by atoms with van der Waals surface area (Å²) < 4.78 is 154. The van der Waals surface area contributed by atoms with Gasteiger partial charge in [0.1, 0.15) is 0 Å². The minimum atomic E-state index is -7.57. The molecule has 0 saturated heterocycles. The Bertz CT molecular complexity index is 282. The molecule has 0 aliphatic rings. The minimum absolute atomic E-state index is 5.23. The quantitative estimate of drug-likeness (QED) is 0.624. The number of alkyl halides is 13. The van der Waals surface area contributed by atoms with E-state index in [0.717, 1.165) is 0 Å². The highest BCUT2D eigenvalue weighted by Gasteiger charge is 2.86. The van der Waals surface area contributed by atoms with Crippen LogP contribution in [-0.4, -0.2) is 30.4 Å². The average Bonchev–Trinajstić information content (AvgIpc) is 1.92. The van der Waals surface area contributed by atoms with Crippen molar-refractivity contribution >= 4 is 0 Å². The number of hydrogen-bond donors (Lipinski definition) is 0. The summed E-state index contributed by atoms with van der Waals surface area (Å²) in [6, 6.07) is 0. The molecule has 0 aromatic heterocycles. The van der Waals surface area contributed by atoms with Gasteiger partial charge >= 0.3 is 30.4 Å². The minimum Gasteiger partial charge on any atom is -0.222 e. The molecule has 0 aromatic carbocycles. The SMILES string of the molecule is FC(F)(F)[C](C(F)(F)F)C(F)(C(F)(F)F)C(F)(F)F. The molecule has 0 atom stereocenters. The maximum Gasteiger partial charge on any atom is 0.432 e. The van der Waals surface area contributed by atoms with Crippen LogP contribution in [0.3, 0.4) is 0 Å². The van der Waals surface area contributed by atoms with Crippen LogP contribution in [0.4, 0.5) is 57.1 Å². The molecule has 0 spiro atoms. The molecule has 0 nitrogen and oxygen atoms in total. The van der Waals surface area contributed by atoms with Gasteiger partial charge in [-0.05, 0) is 0 Å². The second-order valence-electron chi connectivity index (χ2n) is 3.02. The largest absolute Gasteiger partial charge is 0.432 e. The van der Waals surface area contributed by atoms with Crippen LogP contribution in [0.1, 0.15) is 0 Å². The van der Waals surface area contributed by atoms with Gasteiger partial charge < -0.3 is 0 Å². The molecule has 0 amide bonds. The maximum absolute atomic E-state index is 12.7. The summed E-state index contributed by atoms with van der Waals surface area (Å²) in [7, 11) is 0. The summed E-state index contributed by atoms with van der Waals surface area (Å²) in [5.41, 5.74) is -7.57. The molecular formula is C6F13. The van der Waals surface area contributed by atoms with E-state index in [9.17, 15) is 57.1 Å².